The Hall–Kier alpha value is -4.57. The number of hydrogen-bond donors (Lipinski definition) is 1. The summed E-state index contributed by atoms with van der Waals surface area (Å²) in [5.74, 6) is -0.298. The molecule has 2 aromatic carbocycles. The standard InChI is InChI=1S/C24H18ClN7O3/c1-14-11-20(29-23(33)17-5-3-4-6-18(17)24(34)35-2)32(30-14)22-19-12-28-31(21(19)26-13-27-22)16-9-7-15(25)8-10-16/h3-13H,1-2H3,(H,29,33). The Morgan fingerprint density at radius 1 is 1.00 bits per heavy atom. The van der Waals surface area contributed by atoms with Crippen molar-refractivity contribution in [2.24, 2.45) is 0 Å². The number of carbonyl (C=O) groups is 2. The topological polar surface area (TPSA) is 117 Å². The molecule has 0 unspecified atom stereocenters. The first-order chi connectivity index (χ1) is 17.0. The second-order valence-corrected chi connectivity index (χ2v) is 7.98. The van der Waals surface area contributed by atoms with E-state index in [2.05, 4.69) is 25.5 Å². The van der Waals surface area contributed by atoms with Gasteiger partial charge in [-0.2, -0.15) is 14.9 Å². The van der Waals surface area contributed by atoms with Crippen LogP contribution in [0.25, 0.3) is 22.5 Å². The molecule has 0 saturated carbocycles. The molecule has 1 N–H and O–H groups in total. The molecule has 1 amide bonds. The van der Waals surface area contributed by atoms with Crippen molar-refractivity contribution in [3.05, 3.63) is 89.0 Å². The summed E-state index contributed by atoms with van der Waals surface area (Å²) < 4.78 is 7.97. The van der Waals surface area contributed by atoms with Crippen LogP contribution >= 0.6 is 11.6 Å². The number of amides is 1. The molecule has 0 fully saturated rings. The predicted molar refractivity (Wildman–Crippen MR) is 129 cm³/mol. The number of aryl methyl sites for hydroxylation is 1. The zero-order chi connectivity index (χ0) is 24.5. The summed E-state index contributed by atoms with van der Waals surface area (Å²) in [5.41, 5.74) is 2.31. The molecule has 0 aliphatic rings. The highest BCUT2D eigenvalue weighted by molar-refractivity contribution is 6.30. The van der Waals surface area contributed by atoms with Crippen molar-refractivity contribution in [2.45, 2.75) is 6.92 Å². The van der Waals surface area contributed by atoms with Gasteiger partial charge < -0.3 is 10.1 Å². The highest BCUT2D eigenvalue weighted by Gasteiger charge is 2.21. The van der Waals surface area contributed by atoms with Gasteiger partial charge in [-0.25, -0.2) is 19.4 Å². The first kappa shape index (κ1) is 22.2. The Kier molecular flexibility index (Phi) is 5.71. The van der Waals surface area contributed by atoms with Crippen molar-refractivity contribution in [1.82, 2.24) is 29.5 Å². The van der Waals surface area contributed by atoms with Gasteiger partial charge in [0.05, 0.1) is 41.2 Å². The molecule has 0 atom stereocenters. The molecule has 5 rings (SSSR count). The minimum atomic E-state index is -0.604. The predicted octanol–water partition coefficient (Wildman–Crippen LogP) is 4.00. The van der Waals surface area contributed by atoms with E-state index in [-0.39, 0.29) is 11.1 Å². The summed E-state index contributed by atoms with van der Waals surface area (Å²) >= 11 is 6.01. The summed E-state index contributed by atoms with van der Waals surface area (Å²) in [6.07, 6.45) is 3.04. The summed E-state index contributed by atoms with van der Waals surface area (Å²) in [6, 6.07) is 15.3. The van der Waals surface area contributed by atoms with Crippen LogP contribution in [-0.4, -0.2) is 48.5 Å². The smallest absolute Gasteiger partial charge is 0.338 e. The number of halogens is 1. The van der Waals surface area contributed by atoms with E-state index < -0.39 is 11.9 Å². The zero-order valence-electron chi connectivity index (χ0n) is 18.6. The lowest BCUT2D eigenvalue weighted by Gasteiger charge is -2.11. The van der Waals surface area contributed by atoms with E-state index >= 15 is 0 Å². The molecule has 11 heteroatoms. The number of hydrogen-bond acceptors (Lipinski definition) is 7. The van der Waals surface area contributed by atoms with Gasteiger partial charge in [-0.05, 0) is 43.3 Å². The molecule has 0 bridgehead atoms. The molecule has 0 aliphatic carbocycles. The summed E-state index contributed by atoms with van der Waals surface area (Å²) in [4.78, 5) is 34.0. The summed E-state index contributed by atoms with van der Waals surface area (Å²) in [6.45, 7) is 1.80. The Morgan fingerprint density at radius 3 is 2.49 bits per heavy atom. The normalized spacial score (nSPS) is 10.9. The van der Waals surface area contributed by atoms with Gasteiger partial charge in [0.1, 0.15) is 12.1 Å². The molecule has 5 aromatic rings. The van der Waals surface area contributed by atoms with Gasteiger partial charge in [-0.3, -0.25) is 4.79 Å². The number of ether oxygens (including phenoxy) is 1. The SMILES string of the molecule is COC(=O)c1ccccc1C(=O)Nc1cc(C)nn1-c1ncnc2c1cnn2-c1ccc(Cl)cc1. The molecule has 0 aliphatic heterocycles. The van der Waals surface area contributed by atoms with Crippen LogP contribution in [-0.2, 0) is 4.74 Å². The molecule has 0 saturated heterocycles. The van der Waals surface area contributed by atoms with Crippen molar-refractivity contribution >= 4 is 40.3 Å². The molecule has 174 valence electrons. The fraction of sp³-hybridized carbons (Fsp3) is 0.0833. The van der Waals surface area contributed by atoms with Crippen LogP contribution in [0, 0.1) is 6.92 Å². The molecule has 0 spiro atoms. The van der Waals surface area contributed by atoms with E-state index in [0.29, 0.717) is 33.4 Å². The molecular weight excluding hydrogens is 470 g/mol. The number of nitrogens with zero attached hydrogens (tertiary/aromatic N) is 6. The zero-order valence-corrected chi connectivity index (χ0v) is 19.4. The van der Waals surface area contributed by atoms with Gasteiger partial charge in [0.15, 0.2) is 11.5 Å². The average molecular weight is 488 g/mol. The van der Waals surface area contributed by atoms with Gasteiger partial charge in [0.25, 0.3) is 5.91 Å². The van der Waals surface area contributed by atoms with Crippen molar-refractivity contribution in [3.8, 4) is 11.5 Å². The molecule has 3 heterocycles. The molecular formula is C24H18ClN7O3. The number of rotatable bonds is 5. The lowest BCUT2D eigenvalue weighted by atomic mass is 10.1. The molecule has 3 aromatic heterocycles. The van der Waals surface area contributed by atoms with Crippen LogP contribution in [0.15, 0.2) is 67.1 Å². The van der Waals surface area contributed by atoms with Crippen LogP contribution in [0.2, 0.25) is 5.02 Å². The lowest BCUT2D eigenvalue weighted by molar-refractivity contribution is 0.0597. The number of esters is 1. The Bertz CT molecular complexity index is 1570. The largest absolute Gasteiger partial charge is 0.465 e. The van der Waals surface area contributed by atoms with Crippen molar-refractivity contribution in [3.63, 3.8) is 0 Å². The number of benzene rings is 2. The monoisotopic (exact) mass is 487 g/mol. The third kappa shape index (κ3) is 4.11. The van der Waals surface area contributed by atoms with Gasteiger partial charge >= 0.3 is 5.97 Å². The number of aromatic nitrogens is 6. The Labute approximate surface area is 204 Å². The second kappa shape index (κ2) is 8.99. The minimum Gasteiger partial charge on any atom is -0.465 e. The average Bonchev–Trinajstić information content (AvgIpc) is 3.47. The highest BCUT2D eigenvalue weighted by Crippen LogP contribution is 2.25. The first-order valence-corrected chi connectivity index (χ1v) is 10.8. The molecule has 0 radical (unpaired) electrons. The number of carbonyl (C=O) groups excluding carboxylic acids is 2. The van der Waals surface area contributed by atoms with Crippen molar-refractivity contribution < 1.29 is 14.3 Å². The Balaban J connectivity index is 1.55. The number of anilines is 1. The fourth-order valence-corrected chi connectivity index (χ4v) is 3.80. The fourth-order valence-electron chi connectivity index (χ4n) is 3.67. The number of nitrogens with one attached hydrogen (secondary N) is 1. The molecule has 35 heavy (non-hydrogen) atoms. The van der Waals surface area contributed by atoms with E-state index in [1.54, 1.807) is 54.2 Å². The maximum atomic E-state index is 13.1. The molecule has 10 nitrogen and oxygen atoms in total. The summed E-state index contributed by atoms with van der Waals surface area (Å²) in [5, 5.41) is 13.0. The van der Waals surface area contributed by atoms with E-state index in [9.17, 15) is 9.59 Å². The number of methoxy groups -OCH3 is 1. The van der Waals surface area contributed by atoms with Gasteiger partial charge in [-0.1, -0.05) is 23.7 Å². The first-order valence-electron chi connectivity index (χ1n) is 10.5. The maximum absolute atomic E-state index is 13.1. The van der Waals surface area contributed by atoms with E-state index in [0.717, 1.165) is 5.69 Å². The van der Waals surface area contributed by atoms with E-state index in [1.807, 2.05) is 12.1 Å². The van der Waals surface area contributed by atoms with E-state index in [4.69, 9.17) is 16.3 Å². The maximum Gasteiger partial charge on any atom is 0.338 e. The quantitative estimate of drug-likeness (QED) is 0.372. The van der Waals surface area contributed by atoms with Crippen LogP contribution in [0.1, 0.15) is 26.4 Å². The lowest BCUT2D eigenvalue weighted by Crippen LogP contribution is -2.19. The minimum absolute atomic E-state index is 0.156. The van der Waals surface area contributed by atoms with Crippen molar-refractivity contribution in [2.75, 3.05) is 12.4 Å². The third-order valence-corrected chi connectivity index (χ3v) is 5.52. The van der Waals surface area contributed by atoms with Crippen LogP contribution in [0.3, 0.4) is 0 Å². The van der Waals surface area contributed by atoms with Crippen molar-refractivity contribution in [1.29, 1.82) is 0 Å². The van der Waals surface area contributed by atoms with E-state index in [1.165, 1.54) is 24.2 Å². The van der Waals surface area contributed by atoms with Gasteiger partial charge in [0.2, 0.25) is 0 Å². The van der Waals surface area contributed by atoms with Gasteiger partial charge in [-0.15, -0.1) is 0 Å². The Morgan fingerprint density at radius 2 is 1.74 bits per heavy atom. The van der Waals surface area contributed by atoms with Crippen LogP contribution in [0.5, 0.6) is 0 Å². The summed E-state index contributed by atoms with van der Waals surface area (Å²) in [7, 11) is 1.26. The van der Waals surface area contributed by atoms with Crippen LogP contribution < -0.4 is 5.32 Å². The third-order valence-electron chi connectivity index (χ3n) is 5.27. The highest BCUT2D eigenvalue weighted by atomic mass is 35.5. The van der Waals surface area contributed by atoms with Crippen LogP contribution in [0.4, 0.5) is 5.82 Å². The van der Waals surface area contributed by atoms with Gasteiger partial charge in [0, 0.05) is 11.1 Å². The second-order valence-electron chi connectivity index (χ2n) is 7.54. The number of fused-ring (bicyclic) bond motifs is 1.